The lowest BCUT2D eigenvalue weighted by Crippen LogP contribution is -2.31. The van der Waals surface area contributed by atoms with Crippen LogP contribution >= 0.6 is 23.5 Å². The first-order chi connectivity index (χ1) is 49.9. The maximum Gasteiger partial charge on any atom is 0.206 e. The van der Waals surface area contributed by atoms with E-state index in [0.717, 1.165) is 120 Å². The first kappa shape index (κ1) is 82.4. The molecule has 104 heavy (non-hydrogen) atoms. The van der Waals surface area contributed by atoms with E-state index in [-0.39, 0.29) is 25.5 Å². The number of hydrogen-bond acceptors (Lipinski definition) is 11. The minimum atomic E-state index is -3.94. The van der Waals surface area contributed by atoms with Crippen molar-refractivity contribution >= 4 is 59.3 Å². The number of sulfone groups is 2. The summed E-state index contributed by atoms with van der Waals surface area (Å²) in [6.45, 7) is 30.0. The molecule has 0 radical (unpaired) electrons. The van der Waals surface area contributed by atoms with Gasteiger partial charge in [0.1, 0.15) is 57.9 Å². The number of allylic oxidation sites excluding steroid dienone is 2. The van der Waals surface area contributed by atoms with E-state index >= 15 is 0 Å². The molecule has 0 saturated heterocycles. The van der Waals surface area contributed by atoms with Gasteiger partial charge in [-0.15, -0.1) is 11.6 Å². The van der Waals surface area contributed by atoms with Gasteiger partial charge < -0.3 is 32.7 Å². The van der Waals surface area contributed by atoms with E-state index in [9.17, 15) is 16.8 Å². The molecular formula is C87H110Cl2O11S2Si2. The zero-order valence-electron chi connectivity index (χ0n) is 63.4. The Bertz CT molecular complexity index is 4320. The fourth-order valence-corrected chi connectivity index (χ4v) is 23.8. The molecule has 0 aromatic heterocycles. The van der Waals surface area contributed by atoms with Crippen molar-refractivity contribution in [2.75, 3.05) is 20.3 Å². The fourth-order valence-electron chi connectivity index (χ4n) is 14.0. The molecule has 0 bridgehead atoms. The van der Waals surface area contributed by atoms with Crippen LogP contribution in [0.5, 0.6) is 51.7 Å². The topological polar surface area (TPSA) is 133 Å². The summed E-state index contributed by atoms with van der Waals surface area (Å²) in [4.78, 5) is 0.641. The molecule has 0 saturated carbocycles. The van der Waals surface area contributed by atoms with Crippen molar-refractivity contribution in [2.24, 2.45) is 0 Å². The van der Waals surface area contributed by atoms with Crippen molar-refractivity contribution in [1.82, 2.24) is 0 Å². The van der Waals surface area contributed by atoms with E-state index in [4.69, 9.17) is 56.2 Å². The van der Waals surface area contributed by atoms with Crippen molar-refractivity contribution in [2.45, 2.75) is 225 Å². The van der Waals surface area contributed by atoms with E-state index < -0.39 is 46.7 Å². The Hall–Kier alpha value is -7.25. The number of benzene rings is 8. The Balaban J connectivity index is 0.954. The standard InChI is InChI=1S/C87H110Cl2O11S2Si2/c1-14-72(15-2)95-56-26-24-22-23-25-27-57-96-84-55-35-71(63-85(84)100-89)87(11,12)70-34-54-83(67(62-70)64-88)99-76-42-50-80(51-43-76)102(92,93)79-48-40-75(41-49-79)98-82-53-33-69(61-66(82)31-29-59-104(19-6,20-7)21-8)86(9,10)68-32-52-81(65(60-68)30-28-58-103(16-3,17-4)18-5)97-74-38-46-78(47-39-74)101(90,91)77-44-36-73(94-13)37-45-77/h14-15,32-55,60-63H,1,16-31,56-59,64H2,2-13H3/b72-15+. The number of ether oxygens (including phenoxy) is 6. The monoisotopic (exact) mass is 1520 g/mol. The summed E-state index contributed by atoms with van der Waals surface area (Å²) in [6.07, 6.45) is 13.8. The average molecular weight is 1520 g/mol. The molecule has 0 atom stereocenters. The van der Waals surface area contributed by atoms with Gasteiger partial charge >= 0.3 is 0 Å². The molecule has 11 nitrogen and oxygen atoms in total. The predicted molar refractivity (Wildman–Crippen MR) is 433 cm³/mol. The van der Waals surface area contributed by atoms with E-state index in [1.54, 1.807) is 110 Å². The highest BCUT2D eigenvalue weighted by Gasteiger charge is 2.32. The van der Waals surface area contributed by atoms with Crippen LogP contribution < -0.4 is 28.0 Å². The van der Waals surface area contributed by atoms with Gasteiger partial charge in [0.2, 0.25) is 19.7 Å². The Labute approximate surface area is 634 Å². The van der Waals surface area contributed by atoms with E-state index in [1.807, 2.05) is 49.4 Å². The third-order valence-electron chi connectivity index (χ3n) is 22.1. The zero-order valence-corrected chi connectivity index (χ0v) is 68.6. The van der Waals surface area contributed by atoms with Gasteiger partial charge in [0.15, 0.2) is 11.5 Å². The Morgan fingerprint density at radius 1 is 0.433 bits per heavy atom. The molecule has 0 fully saturated rings. The van der Waals surface area contributed by atoms with Gasteiger partial charge in [0.25, 0.3) is 0 Å². The minimum absolute atomic E-state index is 0.126. The highest BCUT2D eigenvalue weighted by Crippen LogP contribution is 2.43. The Morgan fingerprint density at radius 2 is 0.769 bits per heavy atom. The number of methoxy groups -OCH3 is 1. The summed E-state index contributed by atoms with van der Waals surface area (Å²) in [5.41, 5.74) is 6.34. The average Bonchev–Trinajstić information content (AvgIpc) is 1.60. The second kappa shape index (κ2) is 38.3. The van der Waals surface area contributed by atoms with Crippen LogP contribution in [0.15, 0.2) is 214 Å². The molecule has 0 aliphatic heterocycles. The summed E-state index contributed by atoms with van der Waals surface area (Å²) < 4.78 is 98.2. The third kappa shape index (κ3) is 20.9. The lowest BCUT2D eigenvalue weighted by molar-refractivity contribution is 0.216. The summed E-state index contributed by atoms with van der Waals surface area (Å²) in [5, 5.41) is 0. The maximum atomic E-state index is 14.3. The van der Waals surface area contributed by atoms with Gasteiger partial charge in [-0.2, -0.15) is 0 Å². The first-order valence-corrected chi connectivity index (χ1v) is 46.8. The van der Waals surface area contributed by atoms with Crippen LogP contribution in [-0.2, 0) is 54.0 Å². The van der Waals surface area contributed by atoms with Gasteiger partial charge in [-0.25, -0.2) is 16.8 Å². The normalized spacial score (nSPS) is 12.4. The minimum Gasteiger partial charge on any atom is -0.497 e. The van der Waals surface area contributed by atoms with Crippen molar-refractivity contribution in [3.8, 4) is 51.7 Å². The van der Waals surface area contributed by atoms with Crippen LogP contribution in [-0.4, -0.2) is 53.3 Å². The molecule has 8 aromatic carbocycles. The Kier molecular flexibility index (Phi) is 30.4. The van der Waals surface area contributed by atoms with Gasteiger partial charge in [-0.1, -0.05) is 199 Å². The van der Waals surface area contributed by atoms with Gasteiger partial charge in [-0.3, -0.25) is 0 Å². The smallest absolute Gasteiger partial charge is 0.206 e. The van der Waals surface area contributed by atoms with Crippen LogP contribution in [0.2, 0.25) is 48.4 Å². The first-order valence-electron chi connectivity index (χ1n) is 37.4. The molecule has 558 valence electrons. The third-order valence-corrected chi connectivity index (χ3v) is 37.9. The maximum absolute atomic E-state index is 14.3. The molecular weight excluding hydrogens is 1410 g/mol. The molecule has 8 rings (SSSR count). The molecule has 0 unspecified atom stereocenters. The highest BCUT2D eigenvalue weighted by molar-refractivity contribution is 7.91. The lowest BCUT2D eigenvalue weighted by atomic mass is 9.76. The number of alkyl halides is 1. The summed E-state index contributed by atoms with van der Waals surface area (Å²) in [7, 11) is -9.00. The molecule has 0 heterocycles. The second-order valence-corrected chi connectivity index (χ2v) is 44.1. The molecule has 17 heteroatoms. The number of unbranched alkanes of at least 4 members (excludes halogenated alkanes) is 5. The molecule has 0 spiro atoms. The zero-order chi connectivity index (χ0) is 75.1. The van der Waals surface area contributed by atoms with Crippen molar-refractivity contribution in [3.63, 3.8) is 0 Å². The number of rotatable bonds is 43. The van der Waals surface area contributed by atoms with Crippen LogP contribution in [0.25, 0.3) is 0 Å². The largest absolute Gasteiger partial charge is 0.497 e. The van der Waals surface area contributed by atoms with E-state index in [2.05, 4.69) is 112 Å². The molecule has 0 amide bonds. The molecule has 0 N–H and O–H groups in total. The van der Waals surface area contributed by atoms with Crippen LogP contribution in [0.4, 0.5) is 0 Å². The summed E-state index contributed by atoms with van der Waals surface area (Å²) in [6, 6.07) is 61.1. The van der Waals surface area contributed by atoms with E-state index in [1.165, 1.54) is 48.4 Å². The summed E-state index contributed by atoms with van der Waals surface area (Å²) >= 11 is 12.6. The van der Waals surface area contributed by atoms with Crippen LogP contribution in [0, 0.1) is 0 Å². The Morgan fingerprint density at radius 3 is 1.12 bits per heavy atom. The predicted octanol–water partition coefficient (Wildman–Crippen LogP) is 25.4. The lowest BCUT2D eigenvalue weighted by Gasteiger charge is -2.30. The molecule has 8 aromatic rings. The van der Waals surface area contributed by atoms with Crippen molar-refractivity contribution in [1.29, 1.82) is 0 Å². The van der Waals surface area contributed by atoms with Crippen LogP contribution in [0.1, 0.15) is 166 Å². The van der Waals surface area contributed by atoms with Gasteiger partial charge in [0.05, 0.1) is 61.9 Å². The van der Waals surface area contributed by atoms with Gasteiger partial charge in [-0.05, 0) is 212 Å². The van der Waals surface area contributed by atoms with E-state index in [0.29, 0.717) is 53.5 Å². The molecule has 0 aliphatic rings. The van der Waals surface area contributed by atoms with Crippen molar-refractivity contribution < 1.29 is 49.5 Å². The molecule has 0 aliphatic carbocycles. The highest BCUT2D eigenvalue weighted by atomic mass is 35.5. The fraction of sp³-hybridized carbons (Fsp3) is 0.402. The number of halogens is 2. The quantitative estimate of drug-likeness (QED) is 0.0119. The van der Waals surface area contributed by atoms with Gasteiger partial charge in [0, 0.05) is 16.4 Å². The number of aryl methyl sites for hydroxylation is 2. The number of hydrogen-bond donors (Lipinski definition) is 0. The van der Waals surface area contributed by atoms with Crippen LogP contribution in [0.3, 0.4) is 0 Å². The summed E-state index contributed by atoms with van der Waals surface area (Å²) in [5.74, 6) is 6.23. The SMILES string of the molecule is C=C/C(=C\C)OCCCCCCCCOc1ccc(C(C)(C)c2ccc(Oc3ccc(S(=O)(=O)c4ccc(Oc5ccc(C(C)(C)c6ccc(Oc7ccc(S(=O)(=O)c8ccc(OC)cc8)cc7)c(CCC[Si](CC)(CC)CC)c6)cc5CCC[Si](CC)(CC)CC)cc4)cc3)c(CCl)c2)cc1OCl. The second-order valence-electron chi connectivity index (χ2n) is 28.5. The van der Waals surface area contributed by atoms with Crippen molar-refractivity contribution in [3.05, 3.63) is 233 Å².